The molecule has 6 heteroatoms. The van der Waals surface area contributed by atoms with Gasteiger partial charge < -0.3 is 14.8 Å². The van der Waals surface area contributed by atoms with Gasteiger partial charge in [-0.1, -0.05) is 37.3 Å². The Hall–Kier alpha value is -2.86. The molecular formula is C21H22N2O3S. The van der Waals surface area contributed by atoms with Gasteiger partial charge in [0.25, 0.3) is 0 Å². The molecule has 1 atom stereocenters. The third-order valence-electron chi connectivity index (χ3n) is 4.29. The number of ether oxygens (including phenoxy) is 2. The fourth-order valence-electron chi connectivity index (χ4n) is 2.81. The Labute approximate surface area is 163 Å². The second-order valence-electron chi connectivity index (χ2n) is 6.17. The van der Waals surface area contributed by atoms with Crippen molar-refractivity contribution in [1.29, 1.82) is 0 Å². The van der Waals surface area contributed by atoms with Crippen LogP contribution < -0.4 is 14.8 Å². The fourth-order valence-corrected chi connectivity index (χ4v) is 3.54. The number of hydrogen-bond donors (Lipinski definition) is 1. The Morgan fingerprint density at radius 3 is 2.56 bits per heavy atom. The molecule has 3 rings (SSSR count). The minimum atomic E-state index is -0.0421. The average Bonchev–Trinajstić information content (AvgIpc) is 3.16. The van der Waals surface area contributed by atoms with E-state index in [0.29, 0.717) is 23.1 Å². The molecule has 0 fully saturated rings. The van der Waals surface area contributed by atoms with Crippen LogP contribution in [0.3, 0.4) is 0 Å². The standard InChI is InChI=1S/C21H22N2O3S/c1-14(15-7-5-4-6-8-15)11-20(24)23-21-22-17(13-27-21)16-9-10-18(25-2)19(12-16)26-3/h4-10,12-14H,11H2,1-3H3,(H,22,23,24). The first-order valence-corrected chi connectivity index (χ1v) is 9.51. The molecule has 1 unspecified atom stereocenters. The van der Waals surface area contributed by atoms with Crippen LogP contribution in [0, 0.1) is 0 Å². The lowest BCUT2D eigenvalue weighted by molar-refractivity contribution is -0.116. The van der Waals surface area contributed by atoms with Gasteiger partial charge in [0, 0.05) is 17.4 Å². The lowest BCUT2D eigenvalue weighted by Crippen LogP contribution is -2.14. The zero-order valence-corrected chi connectivity index (χ0v) is 16.4. The Bertz CT molecular complexity index is 909. The molecule has 1 aromatic heterocycles. The highest BCUT2D eigenvalue weighted by Gasteiger charge is 2.14. The number of aromatic nitrogens is 1. The third kappa shape index (κ3) is 4.65. The highest BCUT2D eigenvalue weighted by Crippen LogP contribution is 2.33. The molecule has 0 saturated heterocycles. The zero-order valence-electron chi connectivity index (χ0n) is 15.6. The van der Waals surface area contributed by atoms with Crippen molar-refractivity contribution in [2.24, 2.45) is 0 Å². The van der Waals surface area contributed by atoms with Crippen molar-refractivity contribution in [2.45, 2.75) is 19.3 Å². The summed E-state index contributed by atoms with van der Waals surface area (Å²) in [5.74, 6) is 1.42. The van der Waals surface area contributed by atoms with E-state index in [2.05, 4.69) is 10.3 Å². The largest absolute Gasteiger partial charge is 0.493 e. The number of carbonyl (C=O) groups is 1. The first-order valence-electron chi connectivity index (χ1n) is 8.63. The monoisotopic (exact) mass is 382 g/mol. The molecule has 140 valence electrons. The van der Waals surface area contributed by atoms with Gasteiger partial charge in [0.05, 0.1) is 19.9 Å². The van der Waals surface area contributed by atoms with Gasteiger partial charge in [-0.05, 0) is 29.7 Å². The number of carbonyl (C=O) groups excluding carboxylic acids is 1. The SMILES string of the molecule is COc1ccc(-c2csc(NC(=O)CC(C)c3ccccc3)n2)cc1OC. The van der Waals surface area contributed by atoms with Crippen molar-refractivity contribution >= 4 is 22.4 Å². The summed E-state index contributed by atoms with van der Waals surface area (Å²) in [6.45, 7) is 2.05. The number of nitrogens with zero attached hydrogens (tertiary/aromatic N) is 1. The normalized spacial score (nSPS) is 11.7. The summed E-state index contributed by atoms with van der Waals surface area (Å²) in [6, 6.07) is 15.7. The van der Waals surface area contributed by atoms with Crippen LogP contribution in [0.25, 0.3) is 11.3 Å². The van der Waals surface area contributed by atoms with Crippen LogP contribution in [0.1, 0.15) is 24.8 Å². The summed E-state index contributed by atoms with van der Waals surface area (Å²) in [4.78, 5) is 16.9. The third-order valence-corrected chi connectivity index (χ3v) is 5.05. The summed E-state index contributed by atoms with van der Waals surface area (Å²) >= 11 is 1.40. The number of anilines is 1. The predicted molar refractivity (Wildman–Crippen MR) is 109 cm³/mol. The molecule has 0 saturated carbocycles. The quantitative estimate of drug-likeness (QED) is 0.627. The molecule has 27 heavy (non-hydrogen) atoms. The van der Waals surface area contributed by atoms with Crippen LogP contribution >= 0.6 is 11.3 Å². The number of amides is 1. The minimum Gasteiger partial charge on any atom is -0.493 e. The van der Waals surface area contributed by atoms with E-state index in [1.807, 2.05) is 60.8 Å². The van der Waals surface area contributed by atoms with E-state index >= 15 is 0 Å². The smallest absolute Gasteiger partial charge is 0.226 e. The first kappa shape index (κ1) is 18.9. The van der Waals surface area contributed by atoms with Crippen molar-refractivity contribution in [3.05, 3.63) is 59.5 Å². The van der Waals surface area contributed by atoms with Gasteiger partial charge >= 0.3 is 0 Å². The van der Waals surface area contributed by atoms with Gasteiger partial charge in [0.15, 0.2) is 16.6 Å². The molecule has 2 aromatic carbocycles. The topological polar surface area (TPSA) is 60.5 Å². The second-order valence-corrected chi connectivity index (χ2v) is 7.03. The van der Waals surface area contributed by atoms with Gasteiger partial charge in [-0.2, -0.15) is 0 Å². The van der Waals surface area contributed by atoms with E-state index in [9.17, 15) is 4.79 Å². The number of nitrogens with one attached hydrogen (secondary N) is 1. The molecule has 1 heterocycles. The van der Waals surface area contributed by atoms with Crippen LogP contribution in [0.15, 0.2) is 53.9 Å². The maximum Gasteiger partial charge on any atom is 0.226 e. The van der Waals surface area contributed by atoms with E-state index in [0.717, 1.165) is 16.8 Å². The zero-order chi connectivity index (χ0) is 19.2. The lowest BCUT2D eigenvalue weighted by Gasteiger charge is -2.10. The van der Waals surface area contributed by atoms with Crippen molar-refractivity contribution in [3.63, 3.8) is 0 Å². The summed E-state index contributed by atoms with van der Waals surface area (Å²) < 4.78 is 10.6. The number of benzene rings is 2. The molecule has 0 aliphatic heterocycles. The summed E-state index contributed by atoms with van der Waals surface area (Å²) in [5.41, 5.74) is 2.84. The van der Waals surface area contributed by atoms with E-state index in [1.165, 1.54) is 11.3 Å². The highest BCUT2D eigenvalue weighted by atomic mass is 32.1. The molecule has 0 spiro atoms. The number of thiazole rings is 1. The molecule has 0 radical (unpaired) electrons. The molecule has 0 aliphatic rings. The Balaban J connectivity index is 1.66. The summed E-state index contributed by atoms with van der Waals surface area (Å²) in [5, 5.41) is 5.40. The summed E-state index contributed by atoms with van der Waals surface area (Å²) in [7, 11) is 3.20. The predicted octanol–water partition coefficient (Wildman–Crippen LogP) is 4.96. The maximum atomic E-state index is 12.3. The number of rotatable bonds is 7. The molecule has 0 aliphatic carbocycles. The van der Waals surface area contributed by atoms with Gasteiger partial charge in [-0.3, -0.25) is 4.79 Å². The molecule has 0 bridgehead atoms. The van der Waals surface area contributed by atoms with Crippen molar-refractivity contribution < 1.29 is 14.3 Å². The van der Waals surface area contributed by atoms with Crippen LogP contribution in [-0.4, -0.2) is 25.1 Å². The van der Waals surface area contributed by atoms with E-state index in [4.69, 9.17) is 9.47 Å². The fraction of sp³-hybridized carbons (Fsp3) is 0.238. The van der Waals surface area contributed by atoms with Gasteiger partial charge in [0.2, 0.25) is 5.91 Å². The van der Waals surface area contributed by atoms with Crippen LogP contribution in [0.5, 0.6) is 11.5 Å². The van der Waals surface area contributed by atoms with Crippen LogP contribution in [0.2, 0.25) is 0 Å². The number of hydrogen-bond acceptors (Lipinski definition) is 5. The highest BCUT2D eigenvalue weighted by molar-refractivity contribution is 7.14. The van der Waals surface area contributed by atoms with Crippen LogP contribution in [0.4, 0.5) is 5.13 Å². The van der Waals surface area contributed by atoms with Crippen LogP contribution in [-0.2, 0) is 4.79 Å². The van der Waals surface area contributed by atoms with E-state index in [1.54, 1.807) is 14.2 Å². The Kier molecular flexibility index (Phi) is 6.08. The maximum absolute atomic E-state index is 12.3. The second kappa shape index (κ2) is 8.68. The van der Waals surface area contributed by atoms with Crippen molar-refractivity contribution in [3.8, 4) is 22.8 Å². The molecule has 3 aromatic rings. The Morgan fingerprint density at radius 2 is 1.85 bits per heavy atom. The van der Waals surface area contributed by atoms with E-state index in [-0.39, 0.29) is 11.8 Å². The number of methoxy groups -OCH3 is 2. The minimum absolute atomic E-state index is 0.0421. The van der Waals surface area contributed by atoms with Gasteiger partial charge in [-0.25, -0.2) is 4.98 Å². The molecule has 1 N–H and O–H groups in total. The lowest BCUT2D eigenvalue weighted by atomic mass is 9.98. The van der Waals surface area contributed by atoms with Gasteiger partial charge in [0.1, 0.15) is 0 Å². The average molecular weight is 382 g/mol. The van der Waals surface area contributed by atoms with Crippen molar-refractivity contribution in [2.75, 3.05) is 19.5 Å². The van der Waals surface area contributed by atoms with Crippen molar-refractivity contribution in [1.82, 2.24) is 4.98 Å². The molecular weight excluding hydrogens is 360 g/mol. The van der Waals surface area contributed by atoms with Gasteiger partial charge in [-0.15, -0.1) is 11.3 Å². The molecule has 5 nitrogen and oxygen atoms in total. The summed E-state index contributed by atoms with van der Waals surface area (Å²) in [6.07, 6.45) is 0.412. The van der Waals surface area contributed by atoms with E-state index < -0.39 is 0 Å². The first-order chi connectivity index (χ1) is 13.1. The molecule has 1 amide bonds. The Morgan fingerprint density at radius 1 is 1.11 bits per heavy atom.